The van der Waals surface area contributed by atoms with Gasteiger partial charge in [-0.3, -0.25) is 4.79 Å². The summed E-state index contributed by atoms with van der Waals surface area (Å²) in [6.07, 6.45) is 5.86. The highest BCUT2D eigenvalue weighted by Crippen LogP contribution is 2.38. The van der Waals surface area contributed by atoms with E-state index in [-0.39, 0.29) is 11.5 Å². The molecule has 0 bridgehead atoms. The van der Waals surface area contributed by atoms with Gasteiger partial charge in [-0.15, -0.1) is 11.6 Å². The molecule has 0 spiro atoms. The number of nitrogens with zero attached hydrogens (tertiary/aromatic N) is 1. The van der Waals surface area contributed by atoms with Crippen LogP contribution in [0.5, 0.6) is 0 Å². The number of halogens is 1. The number of amides is 1. The minimum atomic E-state index is -0.173. The Hall–Kier alpha value is -0.280. The first-order chi connectivity index (χ1) is 8.17. The number of carbonyl (C=O) groups is 1. The smallest absolute Gasteiger partial charge is 0.225 e. The van der Waals surface area contributed by atoms with Gasteiger partial charge < -0.3 is 9.64 Å². The quantitative estimate of drug-likeness (QED) is 0.629. The molecule has 0 saturated heterocycles. The minimum absolute atomic E-state index is 0.173. The van der Waals surface area contributed by atoms with Crippen LogP contribution >= 0.6 is 11.6 Å². The molecule has 0 radical (unpaired) electrons. The molecular weight excluding hydrogens is 238 g/mol. The van der Waals surface area contributed by atoms with Crippen LogP contribution in [-0.2, 0) is 9.53 Å². The van der Waals surface area contributed by atoms with Crippen molar-refractivity contribution in [2.75, 3.05) is 26.1 Å². The molecule has 0 atom stereocenters. The number of hydrogen-bond acceptors (Lipinski definition) is 2. The molecule has 0 heterocycles. The molecule has 0 N–H and O–H groups in total. The zero-order valence-corrected chi connectivity index (χ0v) is 11.8. The molecule has 1 aliphatic carbocycles. The number of rotatable bonds is 8. The maximum Gasteiger partial charge on any atom is 0.225 e. The average molecular weight is 262 g/mol. The lowest BCUT2D eigenvalue weighted by Crippen LogP contribution is -2.45. The predicted octanol–water partition coefficient (Wildman–Crippen LogP) is 2.81. The van der Waals surface area contributed by atoms with Crippen LogP contribution in [0.4, 0.5) is 0 Å². The molecule has 3 nitrogen and oxygen atoms in total. The normalized spacial score (nSPS) is 17.6. The van der Waals surface area contributed by atoms with Gasteiger partial charge >= 0.3 is 0 Å². The Morgan fingerprint density at radius 2 is 2.12 bits per heavy atom. The van der Waals surface area contributed by atoms with Crippen molar-refractivity contribution in [3.8, 4) is 0 Å². The largest absolute Gasteiger partial charge is 0.378 e. The Morgan fingerprint density at radius 3 is 2.53 bits per heavy atom. The highest BCUT2D eigenvalue weighted by atomic mass is 35.5. The first-order valence-electron chi connectivity index (χ1n) is 6.56. The van der Waals surface area contributed by atoms with E-state index in [1.807, 2.05) is 4.90 Å². The molecule has 0 aromatic rings. The van der Waals surface area contributed by atoms with Crippen LogP contribution in [0.1, 0.15) is 45.4 Å². The summed E-state index contributed by atoms with van der Waals surface area (Å²) in [6, 6.07) is 0. The Balaban J connectivity index is 2.45. The highest BCUT2D eigenvalue weighted by molar-refractivity contribution is 6.18. The van der Waals surface area contributed by atoms with Crippen molar-refractivity contribution in [1.29, 1.82) is 0 Å². The number of carbonyl (C=O) groups excluding carboxylic acids is 1. The van der Waals surface area contributed by atoms with E-state index in [0.717, 1.165) is 32.2 Å². The molecule has 0 aromatic heterocycles. The minimum Gasteiger partial charge on any atom is -0.378 e. The fraction of sp³-hybridized carbons (Fsp3) is 0.923. The lowest BCUT2D eigenvalue weighted by atomic mass is 9.77. The summed E-state index contributed by atoms with van der Waals surface area (Å²) in [5.41, 5.74) is -0.173. The van der Waals surface area contributed by atoms with E-state index in [1.165, 1.54) is 6.42 Å². The van der Waals surface area contributed by atoms with Crippen LogP contribution < -0.4 is 0 Å². The summed E-state index contributed by atoms with van der Waals surface area (Å²) >= 11 is 5.75. The van der Waals surface area contributed by atoms with Gasteiger partial charge in [0.15, 0.2) is 0 Å². The second kappa shape index (κ2) is 7.22. The number of methoxy groups -OCH3 is 1. The number of alkyl halides is 1. The molecule has 0 aromatic carbocycles. The second-order valence-electron chi connectivity index (χ2n) is 4.84. The van der Waals surface area contributed by atoms with Gasteiger partial charge in [0, 0.05) is 26.1 Å². The summed E-state index contributed by atoms with van der Waals surface area (Å²) in [4.78, 5) is 14.1. The van der Waals surface area contributed by atoms with Gasteiger partial charge in [0.1, 0.15) is 0 Å². The zero-order chi connectivity index (χ0) is 12.7. The van der Waals surface area contributed by atoms with Gasteiger partial charge in [-0.1, -0.05) is 13.3 Å². The van der Waals surface area contributed by atoms with E-state index < -0.39 is 0 Å². The molecule has 0 aliphatic heterocycles. The summed E-state index contributed by atoms with van der Waals surface area (Å²) in [5, 5.41) is 0. The van der Waals surface area contributed by atoms with Crippen LogP contribution in [0, 0.1) is 0 Å². The highest BCUT2D eigenvalue weighted by Gasteiger charge is 2.39. The van der Waals surface area contributed by atoms with Crippen LogP contribution in [0.15, 0.2) is 0 Å². The summed E-state index contributed by atoms with van der Waals surface area (Å²) in [7, 11) is 1.71. The van der Waals surface area contributed by atoms with E-state index >= 15 is 0 Å². The SMILES string of the molecule is CCCCN(CCCl)C(=O)CC1(OC)CCC1. The van der Waals surface area contributed by atoms with Crippen LogP contribution in [0.25, 0.3) is 0 Å². The number of hydrogen-bond donors (Lipinski definition) is 0. The molecular formula is C13H24ClNO2. The van der Waals surface area contributed by atoms with E-state index in [4.69, 9.17) is 16.3 Å². The Morgan fingerprint density at radius 1 is 1.41 bits per heavy atom. The van der Waals surface area contributed by atoms with Crippen molar-refractivity contribution < 1.29 is 9.53 Å². The van der Waals surface area contributed by atoms with Gasteiger partial charge in [0.2, 0.25) is 5.91 Å². The zero-order valence-electron chi connectivity index (χ0n) is 11.0. The van der Waals surface area contributed by atoms with E-state index in [1.54, 1.807) is 7.11 Å². The molecule has 1 fully saturated rings. The standard InChI is InChI=1S/C13H24ClNO2/c1-3-4-9-15(10-8-14)12(16)11-13(17-2)6-5-7-13/h3-11H2,1-2H3. The molecule has 100 valence electrons. The van der Waals surface area contributed by atoms with E-state index in [2.05, 4.69) is 6.92 Å². The molecule has 1 saturated carbocycles. The third-order valence-corrected chi connectivity index (χ3v) is 3.83. The van der Waals surface area contributed by atoms with Crippen molar-refractivity contribution in [3.05, 3.63) is 0 Å². The fourth-order valence-corrected chi connectivity index (χ4v) is 2.43. The predicted molar refractivity (Wildman–Crippen MR) is 70.4 cm³/mol. The number of ether oxygens (including phenoxy) is 1. The Bertz CT molecular complexity index is 236. The maximum absolute atomic E-state index is 12.2. The third-order valence-electron chi connectivity index (χ3n) is 3.66. The topological polar surface area (TPSA) is 29.5 Å². The Kier molecular flexibility index (Phi) is 6.28. The first-order valence-corrected chi connectivity index (χ1v) is 7.10. The van der Waals surface area contributed by atoms with Crippen molar-refractivity contribution in [2.24, 2.45) is 0 Å². The first kappa shape index (κ1) is 14.8. The molecule has 0 unspecified atom stereocenters. The van der Waals surface area contributed by atoms with Gasteiger partial charge in [-0.25, -0.2) is 0 Å². The lowest BCUT2D eigenvalue weighted by Gasteiger charge is -2.41. The van der Waals surface area contributed by atoms with E-state index in [9.17, 15) is 4.79 Å². The second-order valence-corrected chi connectivity index (χ2v) is 5.22. The summed E-state index contributed by atoms with van der Waals surface area (Å²) < 4.78 is 5.50. The lowest BCUT2D eigenvalue weighted by molar-refractivity contribution is -0.144. The fourth-order valence-electron chi connectivity index (χ4n) is 2.22. The third kappa shape index (κ3) is 4.14. The van der Waals surface area contributed by atoms with Gasteiger partial charge in [-0.05, 0) is 25.7 Å². The van der Waals surface area contributed by atoms with Crippen LogP contribution in [-0.4, -0.2) is 42.5 Å². The molecule has 4 heteroatoms. The molecule has 1 aliphatic rings. The number of unbranched alkanes of at least 4 members (excludes halogenated alkanes) is 1. The molecule has 1 rings (SSSR count). The van der Waals surface area contributed by atoms with Crippen molar-refractivity contribution in [1.82, 2.24) is 4.90 Å². The van der Waals surface area contributed by atoms with Gasteiger partial charge in [-0.2, -0.15) is 0 Å². The van der Waals surface area contributed by atoms with Crippen molar-refractivity contribution in [3.63, 3.8) is 0 Å². The Labute approximate surface area is 109 Å². The van der Waals surface area contributed by atoms with E-state index in [0.29, 0.717) is 18.8 Å². The average Bonchev–Trinajstić information content (AvgIpc) is 2.29. The van der Waals surface area contributed by atoms with Gasteiger partial charge in [0.05, 0.1) is 12.0 Å². The van der Waals surface area contributed by atoms with Crippen LogP contribution in [0.2, 0.25) is 0 Å². The van der Waals surface area contributed by atoms with Crippen molar-refractivity contribution in [2.45, 2.75) is 51.0 Å². The molecule has 1 amide bonds. The van der Waals surface area contributed by atoms with Crippen molar-refractivity contribution >= 4 is 17.5 Å². The maximum atomic E-state index is 12.2. The molecule has 17 heavy (non-hydrogen) atoms. The van der Waals surface area contributed by atoms with Crippen LogP contribution in [0.3, 0.4) is 0 Å². The summed E-state index contributed by atoms with van der Waals surface area (Å²) in [6.45, 7) is 3.61. The van der Waals surface area contributed by atoms with Gasteiger partial charge in [0.25, 0.3) is 0 Å². The monoisotopic (exact) mass is 261 g/mol. The summed E-state index contributed by atoms with van der Waals surface area (Å²) in [5.74, 6) is 0.704.